The largest absolute Gasteiger partial charge is 0.366 e. The molecule has 0 saturated carbocycles. The molecule has 0 spiro atoms. The number of halogens is 1. The Labute approximate surface area is 105 Å². The highest BCUT2D eigenvalue weighted by Gasteiger charge is 2.05. The van der Waals surface area contributed by atoms with Crippen LogP contribution in [0.1, 0.15) is 20.3 Å². The van der Waals surface area contributed by atoms with Crippen LogP contribution in [0.15, 0.2) is 6.20 Å². The molecule has 0 aliphatic rings. The van der Waals surface area contributed by atoms with Crippen LogP contribution < -0.4 is 16.0 Å². The molecular formula is C11H18FN5O. The summed E-state index contributed by atoms with van der Waals surface area (Å²) in [5.74, 6) is -0.112. The van der Waals surface area contributed by atoms with Crippen molar-refractivity contribution in [2.24, 2.45) is 0 Å². The van der Waals surface area contributed by atoms with E-state index >= 15 is 0 Å². The summed E-state index contributed by atoms with van der Waals surface area (Å²) in [6.45, 7) is 5.00. The molecule has 7 heteroatoms. The van der Waals surface area contributed by atoms with Gasteiger partial charge in [0.25, 0.3) is 0 Å². The maximum absolute atomic E-state index is 13.4. The molecule has 6 nitrogen and oxygen atoms in total. The van der Waals surface area contributed by atoms with E-state index in [1.54, 1.807) is 0 Å². The van der Waals surface area contributed by atoms with Gasteiger partial charge in [0.1, 0.15) is 0 Å². The third kappa shape index (κ3) is 4.94. The molecule has 0 fully saturated rings. The maximum atomic E-state index is 13.4. The zero-order valence-electron chi connectivity index (χ0n) is 10.6. The van der Waals surface area contributed by atoms with Crippen LogP contribution in [0.5, 0.6) is 0 Å². The molecule has 0 aromatic carbocycles. The van der Waals surface area contributed by atoms with Gasteiger partial charge in [0.2, 0.25) is 11.9 Å². The van der Waals surface area contributed by atoms with Crippen molar-refractivity contribution >= 4 is 17.7 Å². The normalized spacial score (nSPS) is 9.94. The summed E-state index contributed by atoms with van der Waals surface area (Å²) in [6.07, 6.45) is 2.05. The molecule has 18 heavy (non-hydrogen) atoms. The lowest BCUT2D eigenvalue weighted by molar-refractivity contribution is -0.118. The van der Waals surface area contributed by atoms with Gasteiger partial charge in [-0.3, -0.25) is 4.79 Å². The van der Waals surface area contributed by atoms with Gasteiger partial charge in [-0.2, -0.15) is 4.98 Å². The molecule has 100 valence electrons. The van der Waals surface area contributed by atoms with E-state index in [0.29, 0.717) is 19.0 Å². The fourth-order valence-corrected chi connectivity index (χ4v) is 1.23. The van der Waals surface area contributed by atoms with E-state index in [0.717, 1.165) is 19.2 Å². The summed E-state index contributed by atoms with van der Waals surface area (Å²) in [7, 11) is 0. The first-order valence-corrected chi connectivity index (χ1v) is 5.88. The number of anilines is 2. The number of aromatic nitrogens is 2. The van der Waals surface area contributed by atoms with Gasteiger partial charge in [0, 0.05) is 26.6 Å². The van der Waals surface area contributed by atoms with Gasteiger partial charge in [-0.1, -0.05) is 6.92 Å². The standard InChI is InChI=1S/C11H18FN5O/c1-3-4-15-11-16-7-9(12)10(17-11)14-6-5-13-8(2)18/h7H,3-6H2,1-2H3,(H,13,18)(H2,14,15,16,17). The number of rotatable bonds is 7. The first-order valence-electron chi connectivity index (χ1n) is 5.88. The van der Waals surface area contributed by atoms with Crippen LogP contribution in [0.4, 0.5) is 16.2 Å². The minimum absolute atomic E-state index is 0.120. The minimum Gasteiger partial charge on any atom is -0.366 e. The van der Waals surface area contributed by atoms with E-state index in [4.69, 9.17) is 0 Å². The highest BCUT2D eigenvalue weighted by Crippen LogP contribution is 2.11. The molecule has 0 saturated heterocycles. The van der Waals surface area contributed by atoms with Crippen molar-refractivity contribution in [1.82, 2.24) is 15.3 Å². The Kier molecular flexibility index (Phi) is 5.83. The fraction of sp³-hybridized carbons (Fsp3) is 0.545. The van der Waals surface area contributed by atoms with Crippen LogP contribution >= 0.6 is 0 Å². The Balaban J connectivity index is 2.49. The van der Waals surface area contributed by atoms with Crippen LogP contribution in [0.25, 0.3) is 0 Å². The predicted molar refractivity (Wildman–Crippen MR) is 67.9 cm³/mol. The molecule has 1 heterocycles. The first kappa shape index (κ1) is 14.1. The number of hydrogen-bond acceptors (Lipinski definition) is 5. The van der Waals surface area contributed by atoms with E-state index in [1.807, 2.05) is 6.92 Å². The average molecular weight is 255 g/mol. The zero-order valence-corrected chi connectivity index (χ0v) is 10.6. The molecule has 0 radical (unpaired) electrons. The zero-order chi connectivity index (χ0) is 13.4. The molecule has 0 unspecified atom stereocenters. The van der Waals surface area contributed by atoms with Gasteiger partial charge < -0.3 is 16.0 Å². The van der Waals surface area contributed by atoms with E-state index in [9.17, 15) is 9.18 Å². The molecule has 1 rings (SSSR count). The van der Waals surface area contributed by atoms with Gasteiger partial charge in [-0.05, 0) is 6.42 Å². The van der Waals surface area contributed by atoms with Crippen molar-refractivity contribution in [3.8, 4) is 0 Å². The molecule has 1 aromatic rings. The Hall–Kier alpha value is -1.92. The van der Waals surface area contributed by atoms with Gasteiger partial charge >= 0.3 is 0 Å². The molecule has 1 aromatic heterocycles. The highest BCUT2D eigenvalue weighted by molar-refractivity contribution is 5.72. The Morgan fingerprint density at radius 3 is 2.78 bits per heavy atom. The number of carbonyl (C=O) groups excluding carboxylic acids is 1. The molecule has 0 bridgehead atoms. The number of nitrogens with zero attached hydrogens (tertiary/aromatic N) is 2. The van der Waals surface area contributed by atoms with Crippen molar-refractivity contribution in [3.63, 3.8) is 0 Å². The number of nitrogens with one attached hydrogen (secondary N) is 3. The summed E-state index contributed by atoms with van der Waals surface area (Å²) in [5, 5.41) is 8.38. The van der Waals surface area contributed by atoms with Crippen molar-refractivity contribution in [1.29, 1.82) is 0 Å². The van der Waals surface area contributed by atoms with Gasteiger partial charge in [0.15, 0.2) is 11.6 Å². The summed E-state index contributed by atoms with van der Waals surface area (Å²) in [5.41, 5.74) is 0. The first-order chi connectivity index (χ1) is 8.63. The van der Waals surface area contributed by atoms with Crippen LogP contribution in [0.2, 0.25) is 0 Å². The van der Waals surface area contributed by atoms with Crippen LogP contribution in [-0.4, -0.2) is 35.5 Å². The Morgan fingerprint density at radius 1 is 1.33 bits per heavy atom. The van der Waals surface area contributed by atoms with Gasteiger partial charge in [-0.15, -0.1) is 0 Å². The second kappa shape index (κ2) is 7.41. The van der Waals surface area contributed by atoms with Crippen LogP contribution in [0, 0.1) is 5.82 Å². The molecular weight excluding hydrogens is 237 g/mol. The summed E-state index contributed by atoms with van der Waals surface area (Å²) >= 11 is 0. The van der Waals surface area contributed by atoms with Gasteiger partial charge in [0.05, 0.1) is 6.20 Å². The molecule has 0 aliphatic carbocycles. The maximum Gasteiger partial charge on any atom is 0.224 e. The van der Waals surface area contributed by atoms with Crippen molar-refractivity contribution in [2.75, 3.05) is 30.3 Å². The quantitative estimate of drug-likeness (QED) is 0.633. The average Bonchev–Trinajstić information content (AvgIpc) is 2.34. The SMILES string of the molecule is CCCNc1ncc(F)c(NCCNC(C)=O)n1. The second-order valence-corrected chi connectivity index (χ2v) is 3.73. The predicted octanol–water partition coefficient (Wildman–Crippen LogP) is 0.986. The minimum atomic E-state index is -0.514. The van der Waals surface area contributed by atoms with Crippen LogP contribution in [0.3, 0.4) is 0 Å². The van der Waals surface area contributed by atoms with E-state index < -0.39 is 5.82 Å². The molecule has 0 atom stereocenters. The lowest BCUT2D eigenvalue weighted by atomic mass is 10.5. The monoisotopic (exact) mass is 255 g/mol. The topological polar surface area (TPSA) is 78.9 Å². The van der Waals surface area contributed by atoms with Crippen LogP contribution in [-0.2, 0) is 4.79 Å². The Bertz CT molecular complexity index is 399. The lowest BCUT2D eigenvalue weighted by Gasteiger charge is -2.09. The summed E-state index contributed by atoms with van der Waals surface area (Å²) < 4.78 is 13.4. The van der Waals surface area contributed by atoms with Crippen molar-refractivity contribution in [2.45, 2.75) is 20.3 Å². The molecule has 1 amide bonds. The molecule has 3 N–H and O–H groups in total. The highest BCUT2D eigenvalue weighted by atomic mass is 19.1. The fourth-order valence-electron chi connectivity index (χ4n) is 1.23. The third-order valence-corrected chi connectivity index (χ3v) is 2.07. The smallest absolute Gasteiger partial charge is 0.224 e. The van der Waals surface area contributed by atoms with E-state index in [1.165, 1.54) is 6.92 Å². The number of hydrogen-bond donors (Lipinski definition) is 3. The van der Waals surface area contributed by atoms with E-state index in [2.05, 4.69) is 25.9 Å². The second-order valence-electron chi connectivity index (χ2n) is 3.73. The summed E-state index contributed by atoms with van der Waals surface area (Å²) in [4.78, 5) is 18.5. The molecule has 0 aliphatic heterocycles. The van der Waals surface area contributed by atoms with Gasteiger partial charge in [-0.25, -0.2) is 9.37 Å². The van der Waals surface area contributed by atoms with E-state index in [-0.39, 0.29) is 11.7 Å². The lowest BCUT2D eigenvalue weighted by Crippen LogP contribution is -2.26. The number of carbonyl (C=O) groups is 1. The van der Waals surface area contributed by atoms with Crippen molar-refractivity contribution in [3.05, 3.63) is 12.0 Å². The Morgan fingerprint density at radius 2 is 2.11 bits per heavy atom. The summed E-state index contributed by atoms with van der Waals surface area (Å²) in [6, 6.07) is 0. The van der Waals surface area contributed by atoms with Crippen molar-refractivity contribution < 1.29 is 9.18 Å². The third-order valence-electron chi connectivity index (χ3n) is 2.07. The number of amides is 1.